The Bertz CT molecular complexity index is 801. The third-order valence-corrected chi connectivity index (χ3v) is 8.30. The number of quaternary nitrogens is 1. The van der Waals surface area contributed by atoms with Crippen LogP contribution in [0.3, 0.4) is 0 Å². The Morgan fingerprint density at radius 2 is 1.86 bits per heavy atom. The summed E-state index contributed by atoms with van der Waals surface area (Å²) in [5, 5.41) is 3.21. The molecule has 1 aliphatic carbocycles. The topological polar surface area (TPSA) is 70.9 Å². The number of sulfonamides is 1. The molecule has 0 bridgehead atoms. The Hall–Kier alpha value is -1.44. The number of rotatable bonds is 5. The quantitative estimate of drug-likeness (QED) is 0.760. The van der Waals surface area contributed by atoms with Crippen molar-refractivity contribution in [3.05, 3.63) is 29.3 Å². The molecule has 156 valence electrons. The summed E-state index contributed by atoms with van der Waals surface area (Å²) in [6.45, 7) is 8.64. The molecule has 1 aromatic rings. The van der Waals surface area contributed by atoms with Crippen LogP contribution in [-0.2, 0) is 14.8 Å². The Morgan fingerprint density at radius 1 is 1.18 bits per heavy atom. The average Bonchev–Trinajstić information content (AvgIpc) is 2.66. The number of nitrogens with one attached hydrogen (secondary N) is 2. The monoisotopic (exact) mass is 408 g/mol. The minimum atomic E-state index is -3.48. The van der Waals surface area contributed by atoms with Gasteiger partial charge in [-0.1, -0.05) is 31.9 Å². The normalized spacial score (nSPS) is 24.8. The van der Waals surface area contributed by atoms with Gasteiger partial charge in [-0.15, -0.1) is 0 Å². The summed E-state index contributed by atoms with van der Waals surface area (Å²) in [5.74, 6) is 0.645. The zero-order chi connectivity index (χ0) is 20.3. The molecular weight excluding hydrogens is 374 g/mol. The average molecular weight is 409 g/mol. The largest absolute Gasteiger partial charge is 0.348 e. The molecule has 2 fully saturated rings. The van der Waals surface area contributed by atoms with E-state index in [2.05, 4.69) is 12.2 Å². The van der Waals surface area contributed by atoms with Gasteiger partial charge in [0, 0.05) is 6.04 Å². The summed E-state index contributed by atoms with van der Waals surface area (Å²) < 4.78 is 27.6. The number of carbonyl (C=O) groups is 1. The molecule has 2 N–H and O–H groups in total. The maximum atomic E-state index is 13.0. The van der Waals surface area contributed by atoms with Crippen LogP contribution >= 0.6 is 0 Å². The molecule has 2 atom stereocenters. The first kappa shape index (κ1) is 21.3. The maximum absolute atomic E-state index is 13.0. The number of carbonyl (C=O) groups excluding carboxylic acids is 1. The smallest absolute Gasteiger partial charge is 0.275 e. The van der Waals surface area contributed by atoms with Crippen molar-refractivity contribution >= 4 is 15.9 Å². The van der Waals surface area contributed by atoms with Gasteiger partial charge in [0.15, 0.2) is 6.54 Å². The fraction of sp³-hybridized carbons (Fsp3) is 0.667. The van der Waals surface area contributed by atoms with E-state index in [1.165, 1.54) is 19.3 Å². The van der Waals surface area contributed by atoms with E-state index in [1.54, 1.807) is 10.4 Å². The molecule has 1 aromatic carbocycles. The number of amides is 1. The summed E-state index contributed by atoms with van der Waals surface area (Å²) in [6.07, 6.45) is 4.71. The Morgan fingerprint density at radius 3 is 2.54 bits per heavy atom. The van der Waals surface area contributed by atoms with Gasteiger partial charge in [0.2, 0.25) is 10.0 Å². The van der Waals surface area contributed by atoms with E-state index < -0.39 is 10.0 Å². The molecule has 1 amide bonds. The molecular formula is C21H34N3O3S+. The second kappa shape index (κ2) is 8.93. The lowest BCUT2D eigenvalue weighted by molar-refractivity contribution is -0.895. The number of piperazine rings is 1. The molecule has 7 heteroatoms. The van der Waals surface area contributed by atoms with E-state index in [-0.39, 0.29) is 5.91 Å². The van der Waals surface area contributed by atoms with Crippen molar-refractivity contribution < 1.29 is 18.1 Å². The zero-order valence-electron chi connectivity index (χ0n) is 17.3. The predicted octanol–water partition coefficient (Wildman–Crippen LogP) is 0.888. The SMILES string of the molecule is Cc1ccc(C)c(S(=O)(=O)N2CC[NH+](CC(=O)N[C@H]3CCCC[C@@H]3C)CC2)c1. The van der Waals surface area contributed by atoms with Crippen LogP contribution in [0.4, 0.5) is 0 Å². The molecule has 3 rings (SSSR count). The highest BCUT2D eigenvalue weighted by Crippen LogP contribution is 2.23. The summed E-state index contributed by atoms with van der Waals surface area (Å²) in [5.41, 5.74) is 1.73. The molecule has 6 nitrogen and oxygen atoms in total. The number of hydrogen-bond acceptors (Lipinski definition) is 3. The van der Waals surface area contributed by atoms with Crippen LogP contribution < -0.4 is 10.2 Å². The van der Waals surface area contributed by atoms with Gasteiger partial charge in [0.05, 0.1) is 31.1 Å². The van der Waals surface area contributed by atoms with E-state index in [0.29, 0.717) is 49.6 Å². The molecule has 2 aliphatic rings. The van der Waals surface area contributed by atoms with Gasteiger partial charge in [0.25, 0.3) is 5.91 Å². The molecule has 1 aliphatic heterocycles. The van der Waals surface area contributed by atoms with Crippen molar-refractivity contribution in [1.82, 2.24) is 9.62 Å². The molecule has 1 saturated heterocycles. The standard InChI is InChI=1S/C21H33N3O3S/c1-16-8-9-18(3)20(14-16)28(26,27)24-12-10-23(11-13-24)15-21(25)22-19-7-5-4-6-17(19)2/h8-9,14,17,19H,4-7,10-13,15H2,1-3H3,(H,22,25)/p+1/t17-,19-/m0/s1. The Balaban J connectivity index is 1.54. The predicted molar refractivity (Wildman–Crippen MR) is 110 cm³/mol. The first-order chi connectivity index (χ1) is 13.3. The lowest BCUT2D eigenvalue weighted by Gasteiger charge is -2.33. The molecule has 1 heterocycles. The maximum Gasteiger partial charge on any atom is 0.275 e. The summed E-state index contributed by atoms with van der Waals surface area (Å²) >= 11 is 0. The van der Waals surface area contributed by atoms with Crippen LogP contribution in [0.1, 0.15) is 43.7 Å². The van der Waals surface area contributed by atoms with Crippen molar-refractivity contribution in [1.29, 1.82) is 0 Å². The van der Waals surface area contributed by atoms with Crippen LogP contribution in [0.25, 0.3) is 0 Å². The van der Waals surface area contributed by atoms with Crippen LogP contribution in [0, 0.1) is 19.8 Å². The fourth-order valence-electron chi connectivity index (χ4n) is 4.36. The van der Waals surface area contributed by atoms with E-state index in [1.807, 2.05) is 26.0 Å². The van der Waals surface area contributed by atoms with Gasteiger partial charge >= 0.3 is 0 Å². The molecule has 0 spiro atoms. The molecule has 0 unspecified atom stereocenters. The fourth-order valence-corrected chi connectivity index (χ4v) is 6.11. The van der Waals surface area contributed by atoms with Gasteiger partial charge in [-0.05, 0) is 49.8 Å². The third-order valence-electron chi connectivity index (χ3n) is 6.26. The van der Waals surface area contributed by atoms with Crippen LogP contribution in [0.5, 0.6) is 0 Å². The molecule has 0 aromatic heterocycles. The highest BCUT2D eigenvalue weighted by molar-refractivity contribution is 7.89. The molecule has 1 saturated carbocycles. The van der Waals surface area contributed by atoms with Crippen molar-refractivity contribution in [2.75, 3.05) is 32.7 Å². The van der Waals surface area contributed by atoms with Gasteiger partial charge in [-0.3, -0.25) is 4.79 Å². The number of hydrogen-bond donors (Lipinski definition) is 2. The lowest BCUT2D eigenvalue weighted by atomic mass is 9.86. The number of benzene rings is 1. The van der Waals surface area contributed by atoms with Crippen molar-refractivity contribution in [2.45, 2.75) is 57.4 Å². The van der Waals surface area contributed by atoms with E-state index in [9.17, 15) is 13.2 Å². The second-order valence-electron chi connectivity index (χ2n) is 8.54. The van der Waals surface area contributed by atoms with Crippen LogP contribution in [0.2, 0.25) is 0 Å². The van der Waals surface area contributed by atoms with Crippen molar-refractivity contribution in [3.63, 3.8) is 0 Å². The number of aryl methyl sites for hydroxylation is 2. The second-order valence-corrected chi connectivity index (χ2v) is 10.4. The van der Waals surface area contributed by atoms with Crippen molar-refractivity contribution in [3.8, 4) is 0 Å². The van der Waals surface area contributed by atoms with Crippen LogP contribution in [0.15, 0.2) is 23.1 Å². The van der Waals surface area contributed by atoms with Gasteiger partial charge < -0.3 is 10.2 Å². The third kappa shape index (κ3) is 4.93. The number of nitrogens with zero attached hydrogens (tertiary/aromatic N) is 1. The first-order valence-electron chi connectivity index (χ1n) is 10.5. The molecule has 28 heavy (non-hydrogen) atoms. The van der Waals surface area contributed by atoms with E-state index in [0.717, 1.165) is 22.4 Å². The molecule has 0 radical (unpaired) electrons. The Kier molecular flexibility index (Phi) is 6.78. The first-order valence-corrected chi connectivity index (χ1v) is 11.9. The van der Waals surface area contributed by atoms with Gasteiger partial charge in [0.1, 0.15) is 0 Å². The van der Waals surface area contributed by atoms with Crippen molar-refractivity contribution in [2.24, 2.45) is 5.92 Å². The Labute approximate surface area is 169 Å². The van der Waals surface area contributed by atoms with E-state index in [4.69, 9.17) is 0 Å². The highest BCUT2D eigenvalue weighted by atomic mass is 32.2. The minimum Gasteiger partial charge on any atom is -0.348 e. The highest BCUT2D eigenvalue weighted by Gasteiger charge is 2.32. The van der Waals surface area contributed by atoms with Crippen LogP contribution in [-0.4, -0.2) is 57.4 Å². The summed E-state index contributed by atoms with van der Waals surface area (Å²) in [4.78, 5) is 14.0. The zero-order valence-corrected chi connectivity index (χ0v) is 18.1. The van der Waals surface area contributed by atoms with Gasteiger partial charge in [-0.2, -0.15) is 4.31 Å². The minimum absolute atomic E-state index is 0.0968. The van der Waals surface area contributed by atoms with Gasteiger partial charge in [-0.25, -0.2) is 8.42 Å². The van der Waals surface area contributed by atoms with E-state index >= 15 is 0 Å². The summed E-state index contributed by atoms with van der Waals surface area (Å²) in [7, 11) is -3.48. The lowest BCUT2D eigenvalue weighted by Crippen LogP contribution is -3.15. The summed E-state index contributed by atoms with van der Waals surface area (Å²) in [6, 6.07) is 5.84.